The molecule has 0 saturated heterocycles. The Hall–Kier alpha value is -1.07. The number of carbonyl (C=O) groups is 1. The molecule has 2 N–H and O–H groups in total. The Morgan fingerprint density at radius 1 is 1.59 bits per heavy atom. The molecule has 0 bridgehead atoms. The van der Waals surface area contributed by atoms with Crippen LogP contribution in [0.15, 0.2) is 22.7 Å². The van der Waals surface area contributed by atoms with Crippen molar-refractivity contribution >= 4 is 21.8 Å². The van der Waals surface area contributed by atoms with Gasteiger partial charge in [0.15, 0.2) is 6.61 Å². The number of aryl methyl sites for hydroxylation is 1. The van der Waals surface area contributed by atoms with Crippen molar-refractivity contribution in [1.82, 2.24) is 5.32 Å². The minimum Gasteiger partial charge on any atom is -0.483 e. The maximum absolute atomic E-state index is 11.3. The number of aliphatic hydroxyl groups is 1. The van der Waals surface area contributed by atoms with Crippen LogP contribution in [0.2, 0.25) is 0 Å². The summed E-state index contributed by atoms with van der Waals surface area (Å²) in [5, 5.41) is 11.6. The molecular formula is C12H16BrNO3. The van der Waals surface area contributed by atoms with Gasteiger partial charge in [-0.15, -0.1) is 0 Å². The van der Waals surface area contributed by atoms with Crippen molar-refractivity contribution in [3.8, 4) is 5.75 Å². The van der Waals surface area contributed by atoms with Crippen LogP contribution in [0.1, 0.15) is 12.5 Å². The van der Waals surface area contributed by atoms with Crippen LogP contribution in [-0.2, 0) is 4.79 Å². The van der Waals surface area contributed by atoms with E-state index in [0.29, 0.717) is 5.75 Å². The van der Waals surface area contributed by atoms with E-state index >= 15 is 0 Å². The molecule has 4 nitrogen and oxygen atoms in total. The van der Waals surface area contributed by atoms with Crippen LogP contribution in [0.25, 0.3) is 0 Å². The minimum absolute atomic E-state index is 0.0611. The Labute approximate surface area is 109 Å². The van der Waals surface area contributed by atoms with Gasteiger partial charge in [-0.3, -0.25) is 4.79 Å². The predicted octanol–water partition coefficient (Wildman–Crippen LogP) is 1.63. The van der Waals surface area contributed by atoms with E-state index in [9.17, 15) is 4.79 Å². The van der Waals surface area contributed by atoms with E-state index in [2.05, 4.69) is 21.2 Å². The van der Waals surface area contributed by atoms with Crippen LogP contribution >= 0.6 is 15.9 Å². The van der Waals surface area contributed by atoms with Crippen LogP contribution in [0.5, 0.6) is 5.75 Å². The normalized spacial score (nSPS) is 12.0. The number of ether oxygens (including phenoxy) is 1. The summed E-state index contributed by atoms with van der Waals surface area (Å²) in [5.41, 5.74) is 1.11. The van der Waals surface area contributed by atoms with Crippen molar-refractivity contribution in [1.29, 1.82) is 0 Å². The maximum atomic E-state index is 11.3. The number of carbonyl (C=O) groups excluding carboxylic acids is 1. The summed E-state index contributed by atoms with van der Waals surface area (Å²) in [6.45, 7) is 3.76. The van der Waals surface area contributed by atoms with Gasteiger partial charge in [0.2, 0.25) is 0 Å². The fourth-order valence-electron chi connectivity index (χ4n) is 1.18. The fourth-order valence-corrected chi connectivity index (χ4v) is 1.79. The number of nitrogens with one attached hydrogen (secondary N) is 1. The van der Waals surface area contributed by atoms with Crippen LogP contribution in [0.4, 0.5) is 0 Å². The lowest BCUT2D eigenvalue weighted by molar-refractivity contribution is -0.123. The highest BCUT2D eigenvalue weighted by atomic mass is 79.9. The Kier molecular flexibility index (Phi) is 5.44. The molecule has 0 fully saturated rings. The van der Waals surface area contributed by atoms with E-state index in [1.807, 2.05) is 19.1 Å². The lowest BCUT2D eigenvalue weighted by Crippen LogP contribution is -2.34. The Balaban J connectivity index is 2.42. The summed E-state index contributed by atoms with van der Waals surface area (Å²) in [5.74, 6) is 0.376. The molecule has 1 amide bonds. The fraction of sp³-hybridized carbons (Fsp3) is 0.417. The van der Waals surface area contributed by atoms with Crippen LogP contribution in [-0.4, -0.2) is 30.3 Å². The third kappa shape index (κ3) is 5.19. The lowest BCUT2D eigenvalue weighted by Gasteiger charge is -2.10. The van der Waals surface area contributed by atoms with Gasteiger partial charge in [-0.05, 0) is 47.5 Å². The van der Waals surface area contributed by atoms with Gasteiger partial charge in [0.05, 0.1) is 10.6 Å². The van der Waals surface area contributed by atoms with Gasteiger partial charge in [-0.1, -0.05) is 6.07 Å². The van der Waals surface area contributed by atoms with Gasteiger partial charge in [-0.2, -0.15) is 0 Å². The molecule has 0 radical (unpaired) electrons. The number of amides is 1. The van der Waals surface area contributed by atoms with E-state index in [4.69, 9.17) is 9.84 Å². The summed E-state index contributed by atoms with van der Waals surface area (Å²) in [7, 11) is 0. The molecular weight excluding hydrogens is 286 g/mol. The van der Waals surface area contributed by atoms with Crippen LogP contribution in [0, 0.1) is 6.92 Å². The number of aliphatic hydroxyl groups excluding tert-OH is 1. The molecule has 0 unspecified atom stereocenters. The van der Waals surface area contributed by atoms with Crippen molar-refractivity contribution in [2.45, 2.75) is 20.0 Å². The Morgan fingerprint density at radius 3 is 2.88 bits per heavy atom. The van der Waals surface area contributed by atoms with Crippen molar-refractivity contribution < 1.29 is 14.6 Å². The standard InChI is InChI=1S/C12H16BrNO3/c1-8-3-4-11(10(13)5-8)17-7-12(16)14-6-9(2)15/h3-5,9,15H,6-7H2,1-2H3,(H,14,16)/t9-/m0/s1. The molecule has 0 heterocycles. The van der Waals surface area contributed by atoms with Crippen molar-refractivity contribution in [2.24, 2.45) is 0 Å². The van der Waals surface area contributed by atoms with E-state index < -0.39 is 6.10 Å². The van der Waals surface area contributed by atoms with Crippen LogP contribution in [0.3, 0.4) is 0 Å². The molecule has 0 aliphatic heterocycles. The molecule has 0 aliphatic rings. The molecule has 0 aliphatic carbocycles. The summed E-state index contributed by atoms with van der Waals surface area (Å²) < 4.78 is 6.17. The lowest BCUT2D eigenvalue weighted by atomic mass is 10.2. The largest absolute Gasteiger partial charge is 0.483 e. The van der Waals surface area contributed by atoms with E-state index in [1.165, 1.54) is 0 Å². The summed E-state index contributed by atoms with van der Waals surface area (Å²) >= 11 is 3.36. The molecule has 0 spiro atoms. The first kappa shape index (κ1) is 14.0. The first-order chi connectivity index (χ1) is 7.99. The van der Waals surface area contributed by atoms with Gasteiger partial charge in [0, 0.05) is 6.54 Å². The summed E-state index contributed by atoms with van der Waals surface area (Å²) in [4.78, 5) is 11.3. The molecule has 1 atom stereocenters. The molecule has 1 aromatic rings. The van der Waals surface area contributed by atoms with Gasteiger partial charge < -0.3 is 15.2 Å². The first-order valence-electron chi connectivity index (χ1n) is 5.32. The van der Waals surface area contributed by atoms with Gasteiger partial charge in [0.1, 0.15) is 5.75 Å². The third-order valence-corrected chi connectivity index (χ3v) is 2.66. The predicted molar refractivity (Wildman–Crippen MR) is 69.1 cm³/mol. The highest BCUT2D eigenvalue weighted by Crippen LogP contribution is 2.25. The minimum atomic E-state index is -0.551. The second kappa shape index (κ2) is 6.61. The van der Waals surface area contributed by atoms with Gasteiger partial charge in [0.25, 0.3) is 5.91 Å². The van der Waals surface area contributed by atoms with Gasteiger partial charge in [-0.25, -0.2) is 0 Å². The first-order valence-corrected chi connectivity index (χ1v) is 6.12. The highest BCUT2D eigenvalue weighted by Gasteiger charge is 2.06. The Bertz CT molecular complexity index is 393. The quantitative estimate of drug-likeness (QED) is 0.869. The number of hydrogen-bond acceptors (Lipinski definition) is 3. The average molecular weight is 302 g/mol. The zero-order valence-corrected chi connectivity index (χ0v) is 11.5. The highest BCUT2D eigenvalue weighted by molar-refractivity contribution is 9.10. The summed E-state index contributed by atoms with van der Waals surface area (Å²) in [6.07, 6.45) is -0.551. The number of halogens is 1. The monoisotopic (exact) mass is 301 g/mol. The molecule has 5 heteroatoms. The zero-order chi connectivity index (χ0) is 12.8. The van der Waals surface area contributed by atoms with Crippen molar-refractivity contribution in [2.75, 3.05) is 13.2 Å². The van der Waals surface area contributed by atoms with Crippen LogP contribution < -0.4 is 10.1 Å². The number of benzene rings is 1. The maximum Gasteiger partial charge on any atom is 0.258 e. The molecule has 1 aromatic carbocycles. The summed E-state index contributed by atoms with van der Waals surface area (Å²) in [6, 6.07) is 5.64. The number of hydrogen-bond donors (Lipinski definition) is 2. The topological polar surface area (TPSA) is 58.6 Å². The second-order valence-corrected chi connectivity index (χ2v) is 4.73. The molecule has 1 rings (SSSR count). The van der Waals surface area contributed by atoms with E-state index in [1.54, 1.807) is 13.0 Å². The van der Waals surface area contributed by atoms with E-state index in [-0.39, 0.29) is 19.1 Å². The third-order valence-electron chi connectivity index (χ3n) is 2.04. The zero-order valence-electron chi connectivity index (χ0n) is 9.87. The SMILES string of the molecule is Cc1ccc(OCC(=O)NC[C@H](C)O)c(Br)c1. The number of rotatable bonds is 5. The molecule has 17 heavy (non-hydrogen) atoms. The second-order valence-electron chi connectivity index (χ2n) is 3.88. The smallest absolute Gasteiger partial charge is 0.258 e. The average Bonchev–Trinajstić information content (AvgIpc) is 2.25. The molecule has 94 valence electrons. The van der Waals surface area contributed by atoms with Crippen molar-refractivity contribution in [3.63, 3.8) is 0 Å². The van der Waals surface area contributed by atoms with Gasteiger partial charge >= 0.3 is 0 Å². The Morgan fingerprint density at radius 2 is 2.29 bits per heavy atom. The van der Waals surface area contributed by atoms with E-state index in [0.717, 1.165) is 10.0 Å². The van der Waals surface area contributed by atoms with Crippen molar-refractivity contribution in [3.05, 3.63) is 28.2 Å². The molecule has 0 aromatic heterocycles. The molecule has 0 saturated carbocycles.